The van der Waals surface area contributed by atoms with E-state index in [2.05, 4.69) is 13.2 Å². The molecule has 0 unspecified atom stereocenters. The first-order chi connectivity index (χ1) is 16.1. The summed E-state index contributed by atoms with van der Waals surface area (Å²) >= 11 is 0. The topological polar surface area (TPSA) is 52.6 Å². The molecule has 0 N–H and O–H groups in total. The van der Waals surface area contributed by atoms with Crippen molar-refractivity contribution < 1.29 is 27.8 Å². The maximum Gasteiger partial charge on any atom is 0.338 e. The van der Waals surface area contributed by atoms with Crippen LogP contribution in [0.4, 0.5) is 8.78 Å². The first kappa shape index (κ1) is 24.6. The Balaban J connectivity index is 1.94. The Hall–Kier alpha value is -4.06. The first-order valence-corrected chi connectivity index (χ1v) is 10.5. The van der Waals surface area contributed by atoms with Crippen LogP contribution < -0.4 is 9.47 Å². The van der Waals surface area contributed by atoms with Crippen LogP contribution in [0.2, 0.25) is 0 Å². The lowest BCUT2D eigenvalue weighted by molar-refractivity contribution is -0.130. The third-order valence-corrected chi connectivity index (χ3v) is 5.18. The zero-order chi connectivity index (χ0) is 25.0. The minimum atomic E-state index is -2.70. The molecule has 0 atom stereocenters. The van der Waals surface area contributed by atoms with E-state index in [1.165, 1.54) is 6.92 Å². The summed E-state index contributed by atoms with van der Waals surface area (Å²) in [6.45, 7) is 11.8. The van der Waals surface area contributed by atoms with Crippen LogP contribution in [0.25, 0.3) is 22.3 Å². The number of rotatable bonds is 7. The van der Waals surface area contributed by atoms with E-state index in [1.807, 2.05) is 0 Å². The summed E-state index contributed by atoms with van der Waals surface area (Å²) in [6.07, 6.45) is -2.70. The van der Waals surface area contributed by atoms with E-state index >= 15 is 0 Å². The molecule has 6 heteroatoms. The number of alkyl halides is 2. The van der Waals surface area contributed by atoms with Crippen molar-refractivity contribution in [1.82, 2.24) is 0 Å². The molecule has 3 aromatic carbocycles. The maximum absolute atomic E-state index is 14.1. The van der Waals surface area contributed by atoms with Gasteiger partial charge in [0.1, 0.15) is 11.5 Å². The van der Waals surface area contributed by atoms with Gasteiger partial charge in [0.15, 0.2) is 0 Å². The monoisotopic (exact) mass is 462 g/mol. The largest absolute Gasteiger partial charge is 0.423 e. The molecule has 0 fully saturated rings. The number of benzene rings is 3. The molecule has 3 aromatic rings. The molecule has 0 bridgehead atoms. The normalized spacial score (nSPS) is 10.6. The Morgan fingerprint density at radius 1 is 0.706 bits per heavy atom. The predicted molar refractivity (Wildman–Crippen MR) is 128 cm³/mol. The molecule has 0 spiro atoms. The van der Waals surface area contributed by atoms with Crippen LogP contribution in [0.5, 0.6) is 11.5 Å². The predicted octanol–water partition coefficient (Wildman–Crippen LogP) is 7.23. The van der Waals surface area contributed by atoms with Crippen molar-refractivity contribution in [2.75, 3.05) is 0 Å². The van der Waals surface area contributed by atoms with E-state index < -0.39 is 18.4 Å². The number of ether oxygens (including phenoxy) is 2. The highest BCUT2D eigenvalue weighted by Gasteiger charge is 2.20. The van der Waals surface area contributed by atoms with E-state index in [4.69, 9.17) is 9.47 Å². The van der Waals surface area contributed by atoms with Gasteiger partial charge >= 0.3 is 11.9 Å². The average Bonchev–Trinajstić information content (AvgIpc) is 2.79. The number of hydrogen-bond acceptors (Lipinski definition) is 4. The molecule has 3 rings (SSSR count). The fraction of sp³-hybridized carbons (Fsp3) is 0.143. The minimum Gasteiger partial charge on any atom is -0.423 e. The van der Waals surface area contributed by atoms with Gasteiger partial charge in [-0.2, -0.15) is 0 Å². The van der Waals surface area contributed by atoms with Crippen molar-refractivity contribution in [3.05, 3.63) is 96.1 Å². The second kappa shape index (κ2) is 10.3. The van der Waals surface area contributed by atoms with Crippen LogP contribution in [-0.2, 0) is 9.59 Å². The lowest BCUT2D eigenvalue weighted by Crippen LogP contribution is -2.08. The highest BCUT2D eigenvalue weighted by atomic mass is 19.3. The second-order valence-corrected chi connectivity index (χ2v) is 7.89. The number of hydrogen-bond donors (Lipinski definition) is 0. The maximum atomic E-state index is 14.1. The number of halogens is 2. The van der Waals surface area contributed by atoms with Gasteiger partial charge in [-0.05, 0) is 72.9 Å². The van der Waals surface area contributed by atoms with Crippen LogP contribution in [0, 0.1) is 6.92 Å². The summed E-state index contributed by atoms with van der Waals surface area (Å²) in [4.78, 5) is 23.4. The summed E-state index contributed by atoms with van der Waals surface area (Å²) < 4.78 is 38.7. The molecular formula is C28H24F2O4. The fourth-order valence-corrected chi connectivity index (χ4v) is 3.37. The van der Waals surface area contributed by atoms with Crippen molar-refractivity contribution in [3.63, 3.8) is 0 Å². The van der Waals surface area contributed by atoms with E-state index in [1.54, 1.807) is 74.5 Å². The molecule has 0 heterocycles. The summed E-state index contributed by atoms with van der Waals surface area (Å²) in [5.41, 5.74) is 3.21. The molecule has 0 radical (unpaired) electrons. The van der Waals surface area contributed by atoms with Crippen LogP contribution in [-0.4, -0.2) is 11.9 Å². The van der Waals surface area contributed by atoms with Crippen molar-refractivity contribution >= 4 is 11.9 Å². The summed E-state index contributed by atoms with van der Waals surface area (Å²) in [6, 6.07) is 16.4. The third-order valence-electron chi connectivity index (χ3n) is 5.18. The van der Waals surface area contributed by atoms with E-state index in [0.717, 1.165) is 0 Å². The smallest absolute Gasteiger partial charge is 0.338 e. The van der Waals surface area contributed by atoms with Gasteiger partial charge in [0, 0.05) is 16.7 Å². The lowest BCUT2D eigenvalue weighted by Gasteiger charge is -2.17. The molecule has 0 saturated heterocycles. The minimum absolute atomic E-state index is 0.0815. The highest BCUT2D eigenvalue weighted by molar-refractivity contribution is 5.89. The van der Waals surface area contributed by atoms with Crippen molar-refractivity contribution in [2.24, 2.45) is 0 Å². The quantitative estimate of drug-likeness (QED) is 0.211. The van der Waals surface area contributed by atoms with Crippen molar-refractivity contribution in [3.8, 4) is 33.8 Å². The van der Waals surface area contributed by atoms with Gasteiger partial charge in [-0.1, -0.05) is 49.6 Å². The zero-order valence-corrected chi connectivity index (χ0v) is 19.2. The van der Waals surface area contributed by atoms with E-state index in [9.17, 15) is 18.4 Å². The van der Waals surface area contributed by atoms with Crippen LogP contribution in [0.1, 0.15) is 31.4 Å². The molecule has 34 heavy (non-hydrogen) atoms. The Kier molecular flexibility index (Phi) is 7.41. The van der Waals surface area contributed by atoms with Gasteiger partial charge in [-0.3, -0.25) is 0 Å². The molecule has 0 saturated carbocycles. The van der Waals surface area contributed by atoms with Crippen molar-refractivity contribution in [1.29, 1.82) is 0 Å². The fourth-order valence-electron chi connectivity index (χ4n) is 3.37. The van der Waals surface area contributed by atoms with Gasteiger partial charge in [0.05, 0.1) is 0 Å². The Morgan fingerprint density at radius 3 is 1.47 bits per heavy atom. The Labute approximate surface area is 197 Å². The van der Waals surface area contributed by atoms with Gasteiger partial charge in [-0.25, -0.2) is 18.4 Å². The molecule has 0 aliphatic heterocycles. The van der Waals surface area contributed by atoms with Crippen LogP contribution in [0.3, 0.4) is 0 Å². The molecular weight excluding hydrogens is 438 g/mol. The lowest BCUT2D eigenvalue weighted by atomic mass is 9.90. The SMILES string of the molecule is C=C(C)C(=O)Oc1ccc(-c2ccc(-c3ccc(OC(=O)C(=C)C)cc3)c(C(F)F)c2C)cc1. The van der Waals surface area contributed by atoms with Gasteiger partial charge in [0.2, 0.25) is 0 Å². The van der Waals surface area contributed by atoms with Gasteiger partial charge in [-0.15, -0.1) is 0 Å². The molecule has 0 aliphatic rings. The van der Waals surface area contributed by atoms with E-state index in [-0.39, 0.29) is 16.7 Å². The number of carbonyl (C=O) groups excluding carboxylic acids is 2. The Bertz CT molecular complexity index is 1260. The van der Waals surface area contributed by atoms with Crippen LogP contribution >= 0.6 is 0 Å². The molecule has 0 aromatic heterocycles. The molecule has 0 aliphatic carbocycles. The summed E-state index contributed by atoms with van der Waals surface area (Å²) in [5, 5.41) is 0. The molecule has 174 valence electrons. The number of esters is 2. The summed E-state index contributed by atoms with van der Waals surface area (Å²) in [7, 11) is 0. The highest BCUT2D eigenvalue weighted by Crippen LogP contribution is 2.39. The first-order valence-electron chi connectivity index (χ1n) is 10.5. The standard InChI is InChI=1S/C28H24F2O4/c1-16(2)27(31)33-21-10-6-19(7-11-21)23-14-15-24(25(18(23)5)26(29)30)20-8-12-22(13-9-20)34-28(32)17(3)4/h6-15,26H,1,3H2,2,4-5H3. The zero-order valence-electron chi connectivity index (χ0n) is 19.2. The molecule has 4 nitrogen and oxygen atoms in total. The second-order valence-electron chi connectivity index (χ2n) is 7.89. The van der Waals surface area contributed by atoms with Crippen LogP contribution in [0.15, 0.2) is 85.0 Å². The van der Waals surface area contributed by atoms with Gasteiger partial charge < -0.3 is 9.47 Å². The summed E-state index contributed by atoms with van der Waals surface area (Å²) in [5.74, 6) is -0.445. The van der Waals surface area contributed by atoms with Crippen molar-refractivity contribution in [2.45, 2.75) is 27.2 Å². The third kappa shape index (κ3) is 5.46. The number of carbonyl (C=O) groups is 2. The van der Waals surface area contributed by atoms with Gasteiger partial charge in [0.25, 0.3) is 6.43 Å². The molecule has 0 amide bonds. The average molecular weight is 462 g/mol. The Morgan fingerprint density at radius 2 is 1.09 bits per heavy atom. The van der Waals surface area contributed by atoms with E-state index in [0.29, 0.717) is 39.3 Å².